The van der Waals surface area contributed by atoms with E-state index in [1.807, 2.05) is 0 Å². The molecule has 0 saturated heterocycles. The molecular weight excluding hydrogens is 403 g/mol. The van der Waals surface area contributed by atoms with Crippen LogP contribution in [0.3, 0.4) is 0 Å². The highest BCUT2D eigenvalue weighted by Crippen LogP contribution is 2.35. The van der Waals surface area contributed by atoms with Gasteiger partial charge in [0.1, 0.15) is 18.9 Å². The molecule has 1 N–H and O–H groups in total. The first-order chi connectivity index (χ1) is 14.3. The van der Waals surface area contributed by atoms with Gasteiger partial charge in [-0.1, -0.05) is 12.1 Å². The smallest absolute Gasteiger partial charge is 0.416 e. The van der Waals surface area contributed by atoms with Gasteiger partial charge >= 0.3 is 6.18 Å². The third kappa shape index (κ3) is 4.95. The van der Waals surface area contributed by atoms with Crippen LogP contribution >= 0.6 is 0 Å². The number of amides is 1. The number of alkyl halides is 3. The molecule has 0 unspecified atom stereocenters. The van der Waals surface area contributed by atoms with Gasteiger partial charge in [-0.15, -0.1) is 0 Å². The summed E-state index contributed by atoms with van der Waals surface area (Å²) in [4.78, 5) is 29.1. The highest BCUT2D eigenvalue weighted by Gasteiger charge is 2.31. The second kappa shape index (κ2) is 8.95. The van der Waals surface area contributed by atoms with Gasteiger partial charge < -0.3 is 14.8 Å². The second-order valence-corrected chi connectivity index (χ2v) is 6.29. The Morgan fingerprint density at radius 2 is 1.93 bits per heavy atom. The molecule has 3 rings (SSSR count). The zero-order valence-electron chi connectivity index (χ0n) is 15.9. The molecular formula is C20H18F3N3O4. The lowest BCUT2D eigenvalue weighted by Gasteiger charge is -2.15. The van der Waals surface area contributed by atoms with E-state index in [0.29, 0.717) is 10.9 Å². The number of carbonyl (C=O) groups excluding carboxylic acids is 1. The Morgan fingerprint density at radius 3 is 2.67 bits per heavy atom. The number of ether oxygens (including phenoxy) is 2. The largest absolute Gasteiger partial charge is 0.489 e. The summed E-state index contributed by atoms with van der Waals surface area (Å²) in [5.74, 6) is -0.650. The van der Waals surface area contributed by atoms with Crippen molar-refractivity contribution >= 4 is 22.5 Å². The topological polar surface area (TPSA) is 82.4 Å². The highest BCUT2D eigenvalue weighted by molar-refractivity contribution is 5.92. The summed E-state index contributed by atoms with van der Waals surface area (Å²) in [6.07, 6.45) is -3.38. The van der Waals surface area contributed by atoms with Gasteiger partial charge in [0.2, 0.25) is 5.91 Å². The van der Waals surface area contributed by atoms with Crippen molar-refractivity contribution in [3.8, 4) is 5.75 Å². The molecule has 1 heterocycles. The number of halogens is 3. The van der Waals surface area contributed by atoms with Crippen LogP contribution in [0.4, 0.5) is 18.9 Å². The molecule has 0 aliphatic rings. The number of anilines is 1. The van der Waals surface area contributed by atoms with Crippen LogP contribution in [-0.2, 0) is 22.3 Å². The normalized spacial score (nSPS) is 11.5. The lowest BCUT2D eigenvalue weighted by atomic mass is 10.1. The van der Waals surface area contributed by atoms with Gasteiger partial charge in [-0.05, 0) is 30.3 Å². The van der Waals surface area contributed by atoms with Gasteiger partial charge in [0, 0.05) is 7.11 Å². The summed E-state index contributed by atoms with van der Waals surface area (Å²) < 4.78 is 50.5. The van der Waals surface area contributed by atoms with Crippen LogP contribution in [0.1, 0.15) is 5.56 Å². The van der Waals surface area contributed by atoms with Crippen molar-refractivity contribution in [3.05, 3.63) is 64.7 Å². The Kier molecular flexibility index (Phi) is 6.36. The number of rotatable bonds is 7. The number of nitrogens with zero attached hydrogens (tertiary/aromatic N) is 2. The van der Waals surface area contributed by atoms with Gasteiger partial charge in [0.25, 0.3) is 5.56 Å². The van der Waals surface area contributed by atoms with Crippen molar-refractivity contribution in [1.29, 1.82) is 0 Å². The number of nitrogens with one attached hydrogen (secondary N) is 1. The average Bonchev–Trinajstić information content (AvgIpc) is 2.71. The van der Waals surface area contributed by atoms with E-state index in [1.54, 1.807) is 24.3 Å². The molecule has 0 bridgehead atoms. The molecule has 1 aromatic heterocycles. The molecule has 0 atom stereocenters. The monoisotopic (exact) mass is 421 g/mol. The zero-order chi connectivity index (χ0) is 21.7. The second-order valence-electron chi connectivity index (χ2n) is 6.29. The Hall–Kier alpha value is -3.40. The SMILES string of the molecule is COCCOc1ccc(C(F)(F)F)cc1NC(=O)Cn1cnc2ccccc2c1=O. The molecule has 1 amide bonds. The van der Waals surface area contributed by atoms with E-state index in [-0.39, 0.29) is 24.7 Å². The van der Waals surface area contributed by atoms with Crippen molar-refractivity contribution < 1.29 is 27.4 Å². The van der Waals surface area contributed by atoms with E-state index in [1.165, 1.54) is 13.4 Å². The molecule has 30 heavy (non-hydrogen) atoms. The Bertz CT molecular complexity index is 1110. The number of carbonyl (C=O) groups is 1. The lowest BCUT2D eigenvalue weighted by molar-refractivity contribution is -0.137. The molecule has 0 radical (unpaired) electrons. The van der Waals surface area contributed by atoms with Crippen molar-refractivity contribution in [2.45, 2.75) is 12.7 Å². The zero-order valence-corrected chi connectivity index (χ0v) is 15.9. The van der Waals surface area contributed by atoms with E-state index in [0.717, 1.165) is 22.8 Å². The molecule has 158 valence electrons. The van der Waals surface area contributed by atoms with E-state index in [2.05, 4.69) is 10.3 Å². The standard InChI is InChI=1S/C20H18F3N3O4/c1-29-8-9-30-17-7-6-13(20(21,22)23)10-16(17)25-18(27)11-26-12-24-15-5-3-2-4-14(15)19(26)28/h2-7,10,12H,8-9,11H2,1H3,(H,25,27). The third-order valence-corrected chi connectivity index (χ3v) is 4.17. The number of aromatic nitrogens is 2. The maximum absolute atomic E-state index is 13.1. The minimum absolute atomic E-state index is 0.0531. The van der Waals surface area contributed by atoms with Gasteiger partial charge in [0.15, 0.2) is 0 Å². The first-order valence-corrected chi connectivity index (χ1v) is 8.86. The molecule has 0 aliphatic heterocycles. The maximum Gasteiger partial charge on any atom is 0.416 e. The molecule has 3 aromatic rings. The van der Waals surface area contributed by atoms with Gasteiger partial charge in [-0.25, -0.2) is 4.98 Å². The molecule has 0 spiro atoms. The fourth-order valence-electron chi connectivity index (χ4n) is 2.73. The Morgan fingerprint density at radius 1 is 1.17 bits per heavy atom. The van der Waals surface area contributed by atoms with Gasteiger partial charge in [0.05, 0.1) is 35.1 Å². The number of methoxy groups -OCH3 is 1. The van der Waals surface area contributed by atoms with Crippen LogP contribution < -0.4 is 15.6 Å². The van der Waals surface area contributed by atoms with Crippen LogP contribution in [0.25, 0.3) is 10.9 Å². The van der Waals surface area contributed by atoms with E-state index < -0.39 is 29.8 Å². The summed E-state index contributed by atoms with van der Waals surface area (Å²) >= 11 is 0. The summed E-state index contributed by atoms with van der Waals surface area (Å²) in [6, 6.07) is 9.39. The van der Waals surface area contributed by atoms with Crippen molar-refractivity contribution in [2.75, 3.05) is 25.6 Å². The molecule has 7 nitrogen and oxygen atoms in total. The van der Waals surface area contributed by atoms with Crippen LogP contribution in [0.5, 0.6) is 5.75 Å². The van der Waals surface area contributed by atoms with E-state index in [9.17, 15) is 22.8 Å². The summed E-state index contributed by atoms with van der Waals surface area (Å²) in [6.45, 7) is -0.129. The van der Waals surface area contributed by atoms with Crippen molar-refractivity contribution in [2.24, 2.45) is 0 Å². The maximum atomic E-state index is 13.1. The van der Waals surface area contributed by atoms with Crippen LogP contribution in [0.15, 0.2) is 53.6 Å². The number of benzene rings is 2. The minimum atomic E-state index is -4.59. The first-order valence-electron chi connectivity index (χ1n) is 8.86. The number of hydrogen-bond acceptors (Lipinski definition) is 5. The van der Waals surface area contributed by atoms with E-state index >= 15 is 0 Å². The van der Waals surface area contributed by atoms with Crippen molar-refractivity contribution in [1.82, 2.24) is 9.55 Å². The van der Waals surface area contributed by atoms with Gasteiger partial charge in [-0.2, -0.15) is 13.2 Å². The highest BCUT2D eigenvalue weighted by atomic mass is 19.4. The van der Waals surface area contributed by atoms with Crippen LogP contribution in [0.2, 0.25) is 0 Å². The number of hydrogen-bond donors (Lipinski definition) is 1. The summed E-state index contributed by atoms with van der Waals surface area (Å²) in [7, 11) is 1.45. The average molecular weight is 421 g/mol. The van der Waals surface area contributed by atoms with Gasteiger partial charge in [-0.3, -0.25) is 14.2 Å². The van der Waals surface area contributed by atoms with Crippen LogP contribution in [0, 0.1) is 0 Å². The quantitative estimate of drug-likeness (QED) is 0.593. The lowest BCUT2D eigenvalue weighted by Crippen LogP contribution is -2.28. The first kappa shape index (κ1) is 21.3. The summed E-state index contributed by atoms with van der Waals surface area (Å²) in [5.41, 5.74) is -1.06. The predicted molar refractivity (Wildman–Crippen MR) is 103 cm³/mol. The fraction of sp³-hybridized carbons (Fsp3) is 0.250. The van der Waals surface area contributed by atoms with Crippen LogP contribution in [-0.4, -0.2) is 35.8 Å². The van der Waals surface area contributed by atoms with E-state index in [4.69, 9.17) is 9.47 Å². The summed E-state index contributed by atoms with van der Waals surface area (Å²) in [5, 5.41) is 2.71. The molecule has 0 aliphatic carbocycles. The van der Waals surface area contributed by atoms with Crippen molar-refractivity contribution in [3.63, 3.8) is 0 Å². The predicted octanol–water partition coefficient (Wildman–Crippen LogP) is 3.08. The third-order valence-electron chi connectivity index (χ3n) is 4.17. The molecule has 10 heteroatoms. The minimum Gasteiger partial charge on any atom is -0.489 e. The Balaban J connectivity index is 1.84. The molecule has 2 aromatic carbocycles. The molecule has 0 saturated carbocycles. The number of para-hydroxylation sites is 1. The molecule has 0 fully saturated rings. The Labute approximate surface area is 169 Å². The fourth-order valence-corrected chi connectivity index (χ4v) is 2.73. The number of fused-ring (bicyclic) bond motifs is 1.